The van der Waals surface area contributed by atoms with E-state index in [0.29, 0.717) is 19.8 Å². The molecule has 0 aromatic heterocycles. The lowest BCUT2D eigenvalue weighted by molar-refractivity contribution is 0.0712. The largest absolute Gasteiger partial charge is 0.500 e. The van der Waals surface area contributed by atoms with Crippen LogP contribution in [-0.2, 0) is 13.3 Å². The second-order valence-electron chi connectivity index (χ2n) is 2.73. The van der Waals surface area contributed by atoms with Gasteiger partial charge in [-0.25, -0.2) is 0 Å². The van der Waals surface area contributed by atoms with Gasteiger partial charge >= 0.3 is 8.80 Å². The molecule has 88 valence electrons. The molecule has 0 unspecified atom stereocenters. The maximum absolute atomic E-state index is 5.65. The van der Waals surface area contributed by atoms with Crippen molar-refractivity contribution in [1.29, 1.82) is 0 Å². The third-order valence-corrected chi connectivity index (χ3v) is 4.95. The molecule has 0 amide bonds. The summed E-state index contributed by atoms with van der Waals surface area (Å²) in [5.74, 6) is 0. The minimum Gasteiger partial charge on any atom is -0.374 e. The Bertz CT molecular complexity index is 95.1. The molecule has 0 aliphatic heterocycles. The SMILES string of the molecule is CCC[Si](OCC)(OCC)OCC.S. The Hall–Kier alpha value is 0.447. The van der Waals surface area contributed by atoms with E-state index in [1.165, 1.54) is 0 Å². The molecular formula is C9H24O3SSi. The van der Waals surface area contributed by atoms with E-state index in [-0.39, 0.29) is 13.5 Å². The lowest BCUT2D eigenvalue weighted by atomic mass is 10.6. The summed E-state index contributed by atoms with van der Waals surface area (Å²) in [4.78, 5) is 0. The molecule has 0 saturated heterocycles. The van der Waals surface area contributed by atoms with Crippen molar-refractivity contribution < 1.29 is 13.3 Å². The van der Waals surface area contributed by atoms with Gasteiger partial charge in [0.15, 0.2) is 0 Å². The molecule has 5 heteroatoms. The van der Waals surface area contributed by atoms with Crippen LogP contribution in [0.1, 0.15) is 34.1 Å². The van der Waals surface area contributed by atoms with E-state index < -0.39 is 8.80 Å². The van der Waals surface area contributed by atoms with Crippen LogP contribution in [0.5, 0.6) is 0 Å². The van der Waals surface area contributed by atoms with Crippen molar-refractivity contribution in [3.8, 4) is 0 Å². The maximum Gasteiger partial charge on any atom is 0.500 e. The first-order valence-electron chi connectivity index (χ1n) is 5.16. The van der Waals surface area contributed by atoms with Crippen molar-refractivity contribution in [2.75, 3.05) is 19.8 Å². The highest BCUT2D eigenvalue weighted by atomic mass is 32.1. The van der Waals surface area contributed by atoms with E-state index in [2.05, 4.69) is 6.92 Å². The molecule has 0 saturated carbocycles. The van der Waals surface area contributed by atoms with E-state index >= 15 is 0 Å². The molecule has 0 aliphatic rings. The van der Waals surface area contributed by atoms with Gasteiger partial charge < -0.3 is 13.3 Å². The van der Waals surface area contributed by atoms with Crippen molar-refractivity contribution in [2.45, 2.75) is 40.2 Å². The minimum atomic E-state index is -2.30. The van der Waals surface area contributed by atoms with Gasteiger partial charge in [0.25, 0.3) is 0 Å². The molecule has 0 spiro atoms. The lowest BCUT2D eigenvalue weighted by Crippen LogP contribution is -2.45. The number of rotatable bonds is 8. The summed E-state index contributed by atoms with van der Waals surface area (Å²) in [5.41, 5.74) is 0. The predicted molar refractivity (Wildman–Crippen MR) is 66.1 cm³/mol. The number of hydrogen-bond donors (Lipinski definition) is 0. The monoisotopic (exact) mass is 240 g/mol. The molecule has 0 bridgehead atoms. The van der Waals surface area contributed by atoms with E-state index in [0.717, 1.165) is 12.5 Å². The van der Waals surface area contributed by atoms with Crippen LogP contribution in [0.4, 0.5) is 0 Å². The molecule has 0 radical (unpaired) electrons. The molecule has 0 aromatic rings. The zero-order chi connectivity index (χ0) is 10.2. The molecule has 0 heterocycles. The van der Waals surface area contributed by atoms with E-state index in [1.54, 1.807) is 0 Å². The van der Waals surface area contributed by atoms with Gasteiger partial charge in [0.2, 0.25) is 0 Å². The second kappa shape index (κ2) is 9.98. The average molecular weight is 240 g/mol. The molecule has 0 atom stereocenters. The summed E-state index contributed by atoms with van der Waals surface area (Å²) in [5, 5.41) is 0. The Morgan fingerprint density at radius 2 is 1.14 bits per heavy atom. The van der Waals surface area contributed by atoms with Crippen LogP contribution in [-0.4, -0.2) is 28.6 Å². The zero-order valence-corrected chi connectivity index (χ0v) is 11.8. The van der Waals surface area contributed by atoms with Gasteiger partial charge in [-0.3, -0.25) is 0 Å². The minimum absolute atomic E-state index is 0. The maximum atomic E-state index is 5.65. The fraction of sp³-hybridized carbons (Fsp3) is 1.00. The van der Waals surface area contributed by atoms with Gasteiger partial charge in [-0.15, -0.1) is 0 Å². The highest BCUT2D eigenvalue weighted by molar-refractivity contribution is 7.59. The van der Waals surface area contributed by atoms with Crippen molar-refractivity contribution in [3.63, 3.8) is 0 Å². The molecule has 0 aliphatic carbocycles. The van der Waals surface area contributed by atoms with Crippen LogP contribution in [0.3, 0.4) is 0 Å². The molecule has 0 aromatic carbocycles. The fourth-order valence-electron chi connectivity index (χ4n) is 1.31. The first-order valence-corrected chi connectivity index (χ1v) is 7.09. The third kappa shape index (κ3) is 6.03. The van der Waals surface area contributed by atoms with Gasteiger partial charge in [0.1, 0.15) is 0 Å². The molecule has 3 nitrogen and oxygen atoms in total. The standard InChI is InChI=1S/C9H22O3Si.H2S/c1-5-9-13(10-6-2,11-7-3)12-8-4;/h5-9H2,1-4H3;1H2. The van der Waals surface area contributed by atoms with Gasteiger partial charge in [-0.1, -0.05) is 13.3 Å². The van der Waals surface area contributed by atoms with Crippen LogP contribution in [0.2, 0.25) is 6.04 Å². The summed E-state index contributed by atoms with van der Waals surface area (Å²) >= 11 is 0. The Morgan fingerprint density at radius 1 is 0.786 bits per heavy atom. The van der Waals surface area contributed by atoms with Gasteiger partial charge in [0.05, 0.1) is 0 Å². The van der Waals surface area contributed by atoms with Crippen molar-refractivity contribution >= 4 is 22.3 Å². The van der Waals surface area contributed by atoms with E-state index in [4.69, 9.17) is 13.3 Å². The Balaban J connectivity index is 0. The van der Waals surface area contributed by atoms with Crippen molar-refractivity contribution in [1.82, 2.24) is 0 Å². The van der Waals surface area contributed by atoms with Crippen LogP contribution < -0.4 is 0 Å². The van der Waals surface area contributed by atoms with Crippen LogP contribution in [0.25, 0.3) is 0 Å². The number of hydrogen-bond acceptors (Lipinski definition) is 3. The zero-order valence-electron chi connectivity index (χ0n) is 9.76. The summed E-state index contributed by atoms with van der Waals surface area (Å²) in [6, 6.07) is 0.919. The Kier molecular flexibility index (Phi) is 12.0. The Labute approximate surface area is 95.9 Å². The first-order chi connectivity index (χ1) is 6.24. The van der Waals surface area contributed by atoms with Crippen LogP contribution in [0.15, 0.2) is 0 Å². The fourth-order valence-corrected chi connectivity index (χ4v) is 3.92. The highest BCUT2D eigenvalue weighted by Gasteiger charge is 2.38. The van der Waals surface area contributed by atoms with Crippen molar-refractivity contribution in [2.24, 2.45) is 0 Å². The summed E-state index contributed by atoms with van der Waals surface area (Å²) in [6.45, 7) is 10.1. The van der Waals surface area contributed by atoms with Gasteiger partial charge in [-0.2, -0.15) is 13.5 Å². The summed E-state index contributed by atoms with van der Waals surface area (Å²) < 4.78 is 16.9. The van der Waals surface area contributed by atoms with Gasteiger partial charge in [0, 0.05) is 25.9 Å². The molecule has 0 fully saturated rings. The molecule has 0 rings (SSSR count). The van der Waals surface area contributed by atoms with Crippen molar-refractivity contribution in [3.05, 3.63) is 0 Å². The van der Waals surface area contributed by atoms with Gasteiger partial charge in [-0.05, 0) is 20.8 Å². The van der Waals surface area contributed by atoms with E-state index in [9.17, 15) is 0 Å². The average Bonchev–Trinajstić information content (AvgIpc) is 2.06. The van der Waals surface area contributed by atoms with Crippen LogP contribution in [0, 0.1) is 0 Å². The second-order valence-corrected chi connectivity index (χ2v) is 5.46. The van der Waals surface area contributed by atoms with E-state index in [1.807, 2.05) is 20.8 Å². The molecular weight excluding hydrogens is 216 g/mol. The lowest BCUT2D eigenvalue weighted by Gasteiger charge is -2.27. The first kappa shape index (κ1) is 16.9. The highest BCUT2D eigenvalue weighted by Crippen LogP contribution is 2.17. The third-order valence-electron chi connectivity index (χ3n) is 1.65. The molecule has 14 heavy (non-hydrogen) atoms. The summed E-state index contributed by atoms with van der Waals surface area (Å²) in [7, 11) is -2.30. The predicted octanol–water partition coefficient (Wildman–Crippen LogP) is 2.56. The summed E-state index contributed by atoms with van der Waals surface area (Å²) in [6.07, 6.45) is 1.05. The van der Waals surface area contributed by atoms with Crippen LogP contribution >= 0.6 is 13.5 Å². The molecule has 0 N–H and O–H groups in total. The normalized spacial score (nSPS) is 11.1. The Morgan fingerprint density at radius 3 is 1.36 bits per heavy atom. The topological polar surface area (TPSA) is 27.7 Å². The smallest absolute Gasteiger partial charge is 0.374 e. The quantitative estimate of drug-likeness (QED) is 0.610.